The molecular weight excluding hydrogens is 369 g/mol. The first kappa shape index (κ1) is 16.2. The van der Waals surface area contributed by atoms with Crippen LogP contribution in [0.3, 0.4) is 0 Å². The molecular formula is C15H11BrClF3O. The van der Waals surface area contributed by atoms with Crippen LogP contribution < -0.4 is 4.74 Å². The Hall–Kier alpha value is -1.20. The lowest BCUT2D eigenvalue weighted by molar-refractivity contribution is -0.137. The third kappa shape index (κ3) is 4.38. The van der Waals surface area contributed by atoms with Gasteiger partial charge in [0, 0.05) is 10.4 Å². The molecule has 0 radical (unpaired) electrons. The van der Waals surface area contributed by atoms with Crippen LogP contribution in [0.5, 0.6) is 5.75 Å². The first-order chi connectivity index (χ1) is 9.90. The summed E-state index contributed by atoms with van der Waals surface area (Å²) < 4.78 is 43.8. The SMILES string of the molecule is FC(F)(F)c1ccc(COc2ccc(Br)c(CCl)c2)cc1. The largest absolute Gasteiger partial charge is 0.489 e. The Labute approximate surface area is 133 Å². The zero-order chi connectivity index (χ0) is 15.5. The van der Waals surface area contributed by atoms with E-state index >= 15 is 0 Å². The molecule has 21 heavy (non-hydrogen) atoms. The van der Waals surface area contributed by atoms with Crippen LogP contribution in [0.1, 0.15) is 16.7 Å². The van der Waals surface area contributed by atoms with Crippen molar-refractivity contribution in [1.29, 1.82) is 0 Å². The molecule has 6 heteroatoms. The molecule has 1 nitrogen and oxygen atoms in total. The average molecular weight is 380 g/mol. The Morgan fingerprint density at radius 1 is 1.05 bits per heavy atom. The number of hydrogen-bond acceptors (Lipinski definition) is 1. The van der Waals surface area contributed by atoms with Crippen LogP contribution in [0.4, 0.5) is 13.2 Å². The maximum absolute atomic E-state index is 12.4. The van der Waals surface area contributed by atoms with Gasteiger partial charge in [0.25, 0.3) is 0 Å². The van der Waals surface area contributed by atoms with Crippen LogP contribution in [-0.4, -0.2) is 0 Å². The van der Waals surface area contributed by atoms with Crippen molar-refractivity contribution in [2.45, 2.75) is 18.7 Å². The third-order valence-electron chi connectivity index (χ3n) is 2.85. The highest BCUT2D eigenvalue weighted by Crippen LogP contribution is 2.29. The van der Waals surface area contributed by atoms with Gasteiger partial charge in [0.2, 0.25) is 0 Å². The fraction of sp³-hybridized carbons (Fsp3) is 0.200. The second-order valence-electron chi connectivity index (χ2n) is 4.37. The van der Waals surface area contributed by atoms with Crippen molar-refractivity contribution in [2.75, 3.05) is 0 Å². The van der Waals surface area contributed by atoms with Crippen LogP contribution in [0, 0.1) is 0 Å². The van der Waals surface area contributed by atoms with Gasteiger partial charge in [0.15, 0.2) is 0 Å². The highest BCUT2D eigenvalue weighted by Gasteiger charge is 2.29. The monoisotopic (exact) mass is 378 g/mol. The van der Waals surface area contributed by atoms with Crippen molar-refractivity contribution in [2.24, 2.45) is 0 Å². The van der Waals surface area contributed by atoms with Gasteiger partial charge < -0.3 is 4.74 Å². The minimum atomic E-state index is -4.32. The molecule has 2 aromatic rings. The molecule has 0 heterocycles. The molecule has 0 fully saturated rings. The summed E-state index contributed by atoms with van der Waals surface area (Å²) in [6, 6.07) is 10.3. The number of benzene rings is 2. The first-order valence-electron chi connectivity index (χ1n) is 6.03. The van der Waals surface area contributed by atoms with E-state index in [0.717, 1.165) is 22.2 Å². The molecule has 0 bridgehead atoms. The molecule has 0 aliphatic heterocycles. The lowest BCUT2D eigenvalue weighted by Gasteiger charge is -2.10. The highest BCUT2D eigenvalue weighted by atomic mass is 79.9. The maximum Gasteiger partial charge on any atom is 0.416 e. The lowest BCUT2D eigenvalue weighted by atomic mass is 10.1. The summed E-state index contributed by atoms with van der Waals surface area (Å²) in [5, 5.41) is 0. The van der Waals surface area contributed by atoms with E-state index in [1.165, 1.54) is 12.1 Å². The highest BCUT2D eigenvalue weighted by molar-refractivity contribution is 9.10. The van der Waals surface area contributed by atoms with Gasteiger partial charge in [-0.05, 0) is 41.5 Å². The van der Waals surface area contributed by atoms with Gasteiger partial charge in [0.05, 0.1) is 5.56 Å². The second kappa shape index (κ2) is 6.71. The van der Waals surface area contributed by atoms with Gasteiger partial charge in [0.1, 0.15) is 12.4 Å². The third-order valence-corrected chi connectivity index (χ3v) is 3.91. The Morgan fingerprint density at radius 3 is 2.29 bits per heavy atom. The normalized spacial score (nSPS) is 11.5. The molecule has 0 saturated heterocycles. The fourth-order valence-electron chi connectivity index (χ4n) is 1.70. The Bertz CT molecular complexity index is 611. The fourth-order valence-corrected chi connectivity index (χ4v) is 2.47. The molecule has 2 aromatic carbocycles. The van der Waals surface area contributed by atoms with E-state index < -0.39 is 11.7 Å². The topological polar surface area (TPSA) is 9.23 Å². The van der Waals surface area contributed by atoms with Gasteiger partial charge in [-0.3, -0.25) is 0 Å². The van der Waals surface area contributed by atoms with Gasteiger partial charge in [-0.1, -0.05) is 28.1 Å². The Balaban J connectivity index is 2.03. The van der Waals surface area contributed by atoms with Gasteiger partial charge in [-0.2, -0.15) is 13.2 Å². The summed E-state index contributed by atoms with van der Waals surface area (Å²) >= 11 is 9.16. The van der Waals surface area contributed by atoms with Gasteiger partial charge in [-0.25, -0.2) is 0 Å². The minimum Gasteiger partial charge on any atom is -0.489 e. The summed E-state index contributed by atoms with van der Waals surface area (Å²) in [7, 11) is 0. The summed E-state index contributed by atoms with van der Waals surface area (Å²) in [6.07, 6.45) is -4.32. The maximum atomic E-state index is 12.4. The molecule has 0 unspecified atom stereocenters. The zero-order valence-electron chi connectivity index (χ0n) is 10.8. The second-order valence-corrected chi connectivity index (χ2v) is 5.49. The quantitative estimate of drug-likeness (QED) is 0.611. The number of rotatable bonds is 4. The van der Waals surface area contributed by atoms with Crippen LogP contribution in [0.2, 0.25) is 0 Å². The molecule has 112 valence electrons. The van der Waals surface area contributed by atoms with Crippen LogP contribution in [-0.2, 0) is 18.7 Å². The van der Waals surface area contributed by atoms with Crippen molar-refractivity contribution >= 4 is 27.5 Å². The summed E-state index contributed by atoms with van der Waals surface area (Å²) in [5.41, 5.74) is 0.888. The molecule has 0 saturated carbocycles. The summed E-state index contributed by atoms with van der Waals surface area (Å²) in [4.78, 5) is 0. The number of halogens is 5. The van der Waals surface area contributed by atoms with Crippen molar-refractivity contribution in [1.82, 2.24) is 0 Å². The van der Waals surface area contributed by atoms with E-state index in [-0.39, 0.29) is 6.61 Å². The summed E-state index contributed by atoms with van der Waals surface area (Å²) in [5.74, 6) is 0.965. The van der Waals surface area contributed by atoms with Crippen molar-refractivity contribution < 1.29 is 17.9 Å². The van der Waals surface area contributed by atoms with Crippen LogP contribution in [0.15, 0.2) is 46.9 Å². The van der Waals surface area contributed by atoms with E-state index in [1.807, 2.05) is 6.07 Å². The molecule has 0 aliphatic carbocycles. The first-order valence-corrected chi connectivity index (χ1v) is 7.36. The molecule has 0 aliphatic rings. The van der Waals surface area contributed by atoms with Crippen molar-refractivity contribution in [3.8, 4) is 5.75 Å². The molecule has 0 aromatic heterocycles. The molecule has 0 amide bonds. The average Bonchev–Trinajstić information content (AvgIpc) is 2.46. The molecule has 2 rings (SSSR count). The van der Waals surface area contributed by atoms with Crippen molar-refractivity contribution in [3.63, 3.8) is 0 Å². The number of ether oxygens (including phenoxy) is 1. The predicted octanol–water partition coefficient (Wildman–Crippen LogP) is 5.79. The standard InChI is InChI=1S/C15H11BrClF3O/c16-14-6-5-13(7-11(14)8-17)21-9-10-1-3-12(4-2-10)15(18,19)20/h1-7H,8-9H2. The van der Waals surface area contributed by atoms with Gasteiger partial charge in [-0.15, -0.1) is 11.6 Å². The van der Waals surface area contributed by atoms with E-state index in [9.17, 15) is 13.2 Å². The van der Waals surface area contributed by atoms with Gasteiger partial charge >= 0.3 is 6.18 Å². The van der Waals surface area contributed by atoms with E-state index in [0.29, 0.717) is 17.2 Å². The van der Waals surface area contributed by atoms with E-state index in [1.54, 1.807) is 12.1 Å². The number of alkyl halides is 4. The van der Waals surface area contributed by atoms with E-state index in [4.69, 9.17) is 16.3 Å². The lowest BCUT2D eigenvalue weighted by Crippen LogP contribution is -2.05. The molecule has 0 N–H and O–H groups in total. The molecule has 0 spiro atoms. The van der Waals surface area contributed by atoms with E-state index in [2.05, 4.69) is 15.9 Å². The molecule has 0 atom stereocenters. The summed E-state index contributed by atoms with van der Waals surface area (Å²) in [6.45, 7) is 0.196. The Morgan fingerprint density at radius 2 is 1.71 bits per heavy atom. The minimum absolute atomic E-state index is 0.196. The zero-order valence-corrected chi connectivity index (χ0v) is 13.1. The number of hydrogen-bond donors (Lipinski definition) is 0. The van der Waals surface area contributed by atoms with Crippen LogP contribution >= 0.6 is 27.5 Å². The smallest absolute Gasteiger partial charge is 0.416 e. The van der Waals surface area contributed by atoms with Crippen molar-refractivity contribution in [3.05, 3.63) is 63.6 Å². The van der Waals surface area contributed by atoms with Crippen LogP contribution in [0.25, 0.3) is 0 Å². The Kier molecular flexibility index (Phi) is 5.17. The predicted molar refractivity (Wildman–Crippen MR) is 79.5 cm³/mol.